The van der Waals surface area contributed by atoms with E-state index in [-0.39, 0.29) is 6.61 Å². The second-order valence-electron chi connectivity index (χ2n) is 4.63. The Bertz CT molecular complexity index is 577. The van der Waals surface area contributed by atoms with Crippen LogP contribution in [-0.2, 0) is 6.54 Å². The van der Waals surface area contributed by atoms with Gasteiger partial charge in [0.1, 0.15) is 6.07 Å². The first-order valence-electron chi connectivity index (χ1n) is 6.62. The molecule has 2 aromatic rings. The Labute approximate surface area is 113 Å². The van der Waals surface area contributed by atoms with Gasteiger partial charge in [0.05, 0.1) is 17.7 Å². The molecule has 19 heavy (non-hydrogen) atoms. The second-order valence-corrected chi connectivity index (χ2v) is 4.63. The van der Waals surface area contributed by atoms with Crippen molar-refractivity contribution in [2.24, 2.45) is 0 Å². The van der Waals surface area contributed by atoms with Crippen molar-refractivity contribution in [3.8, 4) is 6.07 Å². The van der Waals surface area contributed by atoms with Crippen molar-refractivity contribution < 1.29 is 5.11 Å². The molecule has 0 bridgehead atoms. The van der Waals surface area contributed by atoms with Gasteiger partial charge in [-0.2, -0.15) is 5.26 Å². The van der Waals surface area contributed by atoms with Crippen LogP contribution in [0, 0.1) is 11.3 Å². The lowest BCUT2D eigenvalue weighted by Gasteiger charge is -2.19. The molecule has 0 aromatic carbocycles. The van der Waals surface area contributed by atoms with Crippen molar-refractivity contribution in [1.82, 2.24) is 9.30 Å². The zero-order chi connectivity index (χ0) is 13.7. The lowest BCUT2D eigenvalue weighted by Crippen LogP contribution is -2.27. The summed E-state index contributed by atoms with van der Waals surface area (Å²) in [7, 11) is 0. The van der Waals surface area contributed by atoms with Crippen LogP contribution in [0.15, 0.2) is 30.6 Å². The van der Waals surface area contributed by atoms with Crippen molar-refractivity contribution in [2.45, 2.75) is 19.9 Å². The normalized spacial score (nSPS) is 11.1. The minimum atomic E-state index is 0.148. The first-order chi connectivity index (χ1) is 9.30. The lowest BCUT2D eigenvalue weighted by molar-refractivity contribution is 0.190. The second kappa shape index (κ2) is 6.37. The van der Waals surface area contributed by atoms with E-state index in [0.717, 1.165) is 29.6 Å². The Morgan fingerprint density at radius 3 is 2.89 bits per heavy atom. The summed E-state index contributed by atoms with van der Waals surface area (Å²) in [6, 6.07) is 8.15. The smallest absolute Gasteiger partial charge is 0.102 e. The van der Waals surface area contributed by atoms with Crippen molar-refractivity contribution >= 4 is 5.52 Å². The number of aliphatic hydroxyl groups is 1. The zero-order valence-electron chi connectivity index (χ0n) is 11.2. The summed E-state index contributed by atoms with van der Waals surface area (Å²) in [5.74, 6) is 0. The maximum Gasteiger partial charge on any atom is 0.102 e. The van der Waals surface area contributed by atoms with Gasteiger partial charge in [0.15, 0.2) is 0 Å². The number of aliphatic hydroxyl groups excluding tert-OH is 1. The van der Waals surface area contributed by atoms with E-state index in [1.54, 1.807) is 0 Å². The number of fused-ring (bicyclic) bond motifs is 1. The van der Waals surface area contributed by atoms with Crippen molar-refractivity contribution in [1.29, 1.82) is 5.26 Å². The molecule has 2 aromatic heterocycles. The molecule has 0 atom stereocenters. The Hall–Kier alpha value is -1.83. The SMILES string of the molecule is CCCN(CCO)Cc1cn2ccccc2c1C#N. The van der Waals surface area contributed by atoms with Gasteiger partial charge in [-0.15, -0.1) is 0 Å². The standard InChI is InChI=1S/C15H19N3O/c1-2-6-17(8-9-19)11-13-12-18-7-4-3-5-15(18)14(13)10-16/h3-5,7,12,19H,2,6,8-9,11H2,1H3. The average Bonchev–Trinajstić information content (AvgIpc) is 2.76. The molecule has 2 heterocycles. The first kappa shape index (κ1) is 13.6. The summed E-state index contributed by atoms with van der Waals surface area (Å²) >= 11 is 0. The van der Waals surface area contributed by atoms with Crippen LogP contribution < -0.4 is 0 Å². The highest BCUT2D eigenvalue weighted by molar-refractivity contribution is 5.65. The Balaban J connectivity index is 2.31. The van der Waals surface area contributed by atoms with Crippen molar-refractivity contribution in [3.05, 3.63) is 41.7 Å². The summed E-state index contributed by atoms with van der Waals surface area (Å²) in [6.07, 6.45) is 5.00. The third kappa shape index (κ3) is 2.95. The number of aromatic nitrogens is 1. The molecule has 4 heteroatoms. The number of nitriles is 1. The first-order valence-corrected chi connectivity index (χ1v) is 6.62. The van der Waals surface area contributed by atoms with E-state index in [4.69, 9.17) is 5.11 Å². The van der Waals surface area contributed by atoms with Crippen LogP contribution in [0.1, 0.15) is 24.5 Å². The third-order valence-corrected chi connectivity index (χ3v) is 3.22. The number of rotatable bonds is 6. The fourth-order valence-corrected chi connectivity index (χ4v) is 2.39. The predicted octanol–water partition coefficient (Wildman–Crippen LogP) is 2.02. The van der Waals surface area contributed by atoms with Gasteiger partial charge in [-0.3, -0.25) is 4.90 Å². The van der Waals surface area contributed by atoms with Crippen LogP contribution in [-0.4, -0.2) is 34.1 Å². The van der Waals surface area contributed by atoms with Crippen molar-refractivity contribution in [3.63, 3.8) is 0 Å². The quantitative estimate of drug-likeness (QED) is 0.861. The van der Waals surface area contributed by atoms with Gasteiger partial charge in [-0.05, 0) is 25.1 Å². The largest absolute Gasteiger partial charge is 0.395 e. The number of hydrogen-bond donors (Lipinski definition) is 1. The third-order valence-electron chi connectivity index (χ3n) is 3.22. The molecular formula is C15H19N3O. The van der Waals surface area contributed by atoms with E-state index >= 15 is 0 Å². The molecule has 0 amide bonds. The minimum absolute atomic E-state index is 0.148. The molecular weight excluding hydrogens is 238 g/mol. The maximum atomic E-state index is 9.35. The Morgan fingerprint density at radius 1 is 1.37 bits per heavy atom. The molecule has 0 unspecified atom stereocenters. The summed E-state index contributed by atoms with van der Waals surface area (Å²) in [4.78, 5) is 2.18. The predicted molar refractivity (Wildman–Crippen MR) is 74.8 cm³/mol. The van der Waals surface area contributed by atoms with Crippen molar-refractivity contribution in [2.75, 3.05) is 19.7 Å². The van der Waals surface area contributed by atoms with Crippen LogP contribution in [0.4, 0.5) is 0 Å². The molecule has 0 spiro atoms. The average molecular weight is 257 g/mol. The van der Waals surface area contributed by atoms with E-state index in [9.17, 15) is 5.26 Å². The van der Waals surface area contributed by atoms with E-state index in [1.165, 1.54) is 0 Å². The van der Waals surface area contributed by atoms with E-state index in [0.29, 0.717) is 13.1 Å². The van der Waals surface area contributed by atoms with Gasteiger partial charge in [0.25, 0.3) is 0 Å². The van der Waals surface area contributed by atoms with Gasteiger partial charge in [0, 0.05) is 31.0 Å². The highest BCUT2D eigenvalue weighted by atomic mass is 16.3. The zero-order valence-corrected chi connectivity index (χ0v) is 11.2. The molecule has 4 nitrogen and oxygen atoms in total. The highest BCUT2D eigenvalue weighted by Gasteiger charge is 2.13. The van der Waals surface area contributed by atoms with Crippen LogP contribution in [0.3, 0.4) is 0 Å². The molecule has 100 valence electrons. The molecule has 0 fully saturated rings. The van der Waals surface area contributed by atoms with Crippen LogP contribution in [0.2, 0.25) is 0 Å². The number of hydrogen-bond acceptors (Lipinski definition) is 3. The molecule has 0 aliphatic rings. The molecule has 0 aliphatic carbocycles. The summed E-state index contributed by atoms with van der Waals surface area (Å²) in [5, 5.41) is 18.4. The highest BCUT2D eigenvalue weighted by Crippen LogP contribution is 2.19. The number of pyridine rings is 1. The fraction of sp³-hybridized carbons (Fsp3) is 0.400. The maximum absolute atomic E-state index is 9.35. The summed E-state index contributed by atoms with van der Waals surface area (Å²) in [5.41, 5.74) is 2.70. The monoisotopic (exact) mass is 257 g/mol. The van der Waals surface area contributed by atoms with E-state index in [2.05, 4.69) is 17.9 Å². The summed E-state index contributed by atoms with van der Waals surface area (Å²) < 4.78 is 1.98. The lowest BCUT2D eigenvalue weighted by atomic mass is 10.1. The van der Waals surface area contributed by atoms with Gasteiger partial charge >= 0.3 is 0 Å². The van der Waals surface area contributed by atoms with Gasteiger partial charge in [0.2, 0.25) is 0 Å². The summed E-state index contributed by atoms with van der Waals surface area (Å²) in [6.45, 7) is 4.54. The molecule has 1 N–H and O–H groups in total. The Morgan fingerprint density at radius 2 is 2.21 bits per heavy atom. The van der Waals surface area contributed by atoms with Gasteiger partial charge in [-0.1, -0.05) is 13.0 Å². The Kier molecular flexibility index (Phi) is 4.56. The molecule has 2 rings (SSSR count). The molecule has 0 radical (unpaired) electrons. The molecule has 0 aliphatic heterocycles. The van der Waals surface area contributed by atoms with Crippen LogP contribution in [0.5, 0.6) is 0 Å². The van der Waals surface area contributed by atoms with E-state index in [1.807, 2.05) is 35.0 Å². The molecule has 0 saturated heterocycles. The fourth-order valence-electron chi connectivity index (χ4n) is 2.39. The van der Waals surface area contributed by atoms with Gasteiger partial charge in [-0.25, -0.2) is 0 Å². The topological polar surface area (TPSA) is 51.7 Å². The van der Waals surface area contributed by atoms with Crippen LogP contribution >= 0.6 is 0 Å². The van der Waals surface area contributed by atoms with Gasteiger partial charge < -0.3 is 9.51 Å². The number of nitrogens with zero attached hydrogens (tertiary/aromatic N) is 3. The minimum Gasteiger partial charge on any atom is -0.395 e. The van der Waals surface area contributed by atoms with E-state index < -0.39 is 0 Å². The van der Waals surface area contributed by atoms with Crippen LogP contribution in [0.25, 0.3) is 5.52 Å². The molecule has 0 saturated carbocycles.